The number of aromatic nitrogens is 2. The molecule has 5 nitrogen and oxygen atoms in total. The van der Waals surface area contributed by atoms with Gasteiger partial charge >= 0.3 is 0 Å². The number of nitrogens with zero attached hydrogens (tertiary/aromatic N) is 3. The quantitative estimate of drug-likeness (QED) is 0.721. The van der Waals surface area contributed by atoms with Gasteiger partial charge in [-0.05, 0) is 37.3 Å². The van der Waals surface area contributed by atoms with E-state index in [1.165, 1.54) is 0 Å². The summed E-state index contributed by atoms with van der Waals surface area (Å²) >= 11 is 7.55. The van der Waals surface area contributed by atoms with Gasteiger partial charge in [-0.2, -0.15) is 0 Å². The average Bonchev–Trinajstić information content (AvgIpc) is 3.00. The molecule has 1 aromatic carbocycles. The van der Waals surface area contributed by atoms with E-state index in [9.17, 15) is 4.79 Å². The molecule has 1 amide bonds. The summed E-state index contributed by atoms with van der Waals surface area (Å²) in [6.07, 6.45) is 1.57. The van der Waals surface area contributed by atoms with Gasteiger partial charge in [-0.1, -0.05) is 17.7 Å². The Morgan fingerprint density at radius 1 is 1.32 bits per heavy atom. The van der Waals surface area contributed by atoms with Gasteiger partial charge < -0.3 is 10.2 Å². The molecule has 0 aliphatic heterocycles. The number of hydrogen-bond acceptors (Lipinski definition) is 5. The minimum absolute atomic E-state index is 0.223. The predicted octanol–water partition coefficient (Wildman–Crippen LogP) is 4.39. The number of thiazole rings is 1. The van der Waals surface area contributed by atoms with Crippen molar-refractivity contribution >= 4 is 40.4 Å². The fourth-order valence-corrected chi connectivity index (χ4v) is 3.29. The summed E-state index contributed by atoms with van der Waals surface area (Å²) in [6, 6.07) is 10.6. The zero-order valence-electron chi connectivity index (χ0n) is 13.9. The number of aryl methyl sites for hydroxylation is 1. The first-order chi connectivity index (χ1) is 12.0. The summed E-state index contributed by atoms with van der Waals surface area (Å²) in [7, 11) is 1.95. The molecule has 25 heavy (non-hydrogen) atoms. The van der Waals surface area contributed by atoms with E-state index >= 15 is 0 Å². The molecule has 3 rings (SSSR count). The molecule has 0 unspecified atom stereocenters. The van der Waals surface area contributed by atoms with Crippen LogP contribution in [0.25, 0.3) is 0 Å². The van der Waals surface area contributed by atoms with E-state index in [-0.39, 0.29) is 5.91 Å². The highest BCUT2D eigenvalue weighted by molar-refractivity contribution is 7.09. The minimum atomic E-state index is -0.223. The Balaban J connectivity index is 1.65. The molecule has 0 saturated carbocycles. The Morgan fingerprint density at radius 2 is 2.16 bits per heavy atom. The van der Waals surface area contributed by atoms with Crippen LogP contribution < -0.4 is 10.2 Å². The highest BCUT2D eigenvalue weighted by Crippen LogP contribution is 2.18. The lowest BCUT2D eigenvalue weighted by atomic mass is 10.2. The molecule has 7 heteroatoms. The van der Waals surface area contributed by atoms with Crippen molar-refractivity contribution in [3.8, 4) is 0 Å². The minimum Gasteiger partial charge on any atom is -0.353 e. The molecular weight excluding hydrogens is 356 g/mol. The first-order valence-electron chi connectivity index (χ1n) is 7.66. The second-order valence-corrected chi connectivity index (χ2v) is 6.99. The molecule has 2 aromatic heterocycles. The van der Waals surface area contributed by atoms with Crippen molar-refractivity contribution in [2.45, 2.75) is 13.5 Å². The molecular formula is C18H17ClN4OS. The van der Waals surface area contributed by atoms with E-state index in [0.29, 0.717) is 22.8 Å². The van der Waals surface area contributed by atoms with Gasteiger partial charge in [0.05, 0.1) is 12.1 Å². The summed E-state index contributed by atoms with van der Waals surface area (Å²) in [5, 5.41) is 6.44. The summed E-state index contributed by atoms with van der Waals surface area (Å²) < 4.78 is 0. The smallest absolute Gasteiger partial charge is 0.257 e. The van der Waals surface area contributed by atoms with Gasteiger partial charge in [0.1, 0.15) is 10.8 Å². The van der Waals surface area contributed by atoms with Gasteiger partial charge in [0, 0.05) is 35.0 Å². The van der Waals surface area contributed by atoms with Crippen molar-refractivity contribution in [3.05, 3.63) is 69.3 Å². The number of hydrogen-bond donors (Lipinski definition) is 1. The number of anilines is 2. The standard InChI is InChI=1S/C18H17ClN4OS/c1-12-11-25-17(21-12)10-23(2)16-7-6-13(9-20-16)18(24)22-15-5-3-4-14(19)8-15/h3-9,11H,10H2,1-2H3,(H,22,24). The number of halogens is 1. The van der Waals surface area contributed by atoms with E-state index in [1.54, 1.807) is 47.9 Å². The van der Waals surface area contributed by atoms with Gasteiger partial charge in [-0.3, -0.25) is 4.79 Å². The predicted molar refractivity (Wildman–Crippen MR) is 103 cm³/mol. The summed E-state index contributed by atoms with van der Waals surface area (Å²) in [4.78, 5) is 23.1. The highest BCUT2D eigenvalue weighted by atomic mass is 35.5. The number of benzene rings is 1. The van der Waals surface area contributed by atoms with Crippen LogP contribution in [0.2, 0.25) is 5.02 Å². The van der Waals surface area contributed by atoms with Crippen molar-refractivity contribution in [1.82, 2.24) is 9.97 Å². The third-order valence-electron chi connectivity index (χ3n) is 3.52. The Bertz CT molecular complexity index is 879. The van der Waals surface area contributed by atoms with Crippen LogP contribution in [-0.2, 0) is 6.54 Å². The zero-order chi connectivity index (χ0) is 17.8. The topological polar surface area (TPSA) is 58.1 Å². The molecule has 0 atom stereocenters. The number of pyridine rings is 1. The third kappa shape index (κ3) is 4.55. The number of carbonyl (C=O) groups is 1. The van der Waals surface area contributed by atoms with Crippen LogP contribution in [0.4, 0.5) is 11.5 Å². The van der Waals surface area contributed by atoms with E-state index in [4.69, 9.17) is 11.6 Å². The van der Waals surface area contributed by atoms with Gasteiger partial charge in [0.15, 0.2) is 0 Å². The fraction of sp³-hybridized carbons (Fsp3) is 0.167. The number of carbonyl (C=O) groups excluding carboxylic acids is 1. The summed E-state index contributed by atoms with van der Waals surface area (Å²) in [5.41, 5.74) is 2.16. The second kappa shape index (κ2) is 7.63. The molecule has 0 aliphatic rings. The molecule has 0 spiro atoms. The van der Waals surface area contributed by atoms with Crippen LogP contribution >= 0.6 is 22.9 Å². The number of nitrogens with one attached hydrogen (secondary N) is 1. The molecule has 0 fully saturated rings. The monoisotopic (exact) mass is 372 g/mol. The normalized spacial score (nSPS) is 10.5. The Labute approximate surface area is 155 Å². The van der Waals surface area contributed by atoms with Gasteiger partial charge in [0.25, 0.3) is 5.91 Å². The van der Waals surface area contributed by atoms with Crippen LogP contribution in [0.1, 0.15) is 21.1 Å². The maximum absolute atomic E-state index is 12.3. The van der Waals surface area contributed by atoms with Crippen LogP contribution in [0.5, 0.6) is 0 Å². The summed E-state index contributed by atoms with van der Waals surface area (Å²) in [5.74, 6) is 0.562. The van der Waals surface area contributed by atoms with Gasteiger partial charge in [-0.25, -0.2) is 9.97 Å². The lowest BCUT2D eigenvalue weighted by Gasteiger charge is -2.16. The number of amides is 1. The van der Waals surface area contributed by atoms with Gasteiger partial charge in [-0.15, -0.1) is 11.3 Å². The van der Waals surface area contributed by atoms with Crippen LogP contribution in [0, 0.1) is 6.92 Å². The van der Waals surface area contributed by atoms with Crippen LogP contribution in [0.3, 0.4) is 0 Å². The van der Waals surface area contributed by atoms with Crippen molar-refractivity contribution < 1.29 is 4.79 Å². The van der Waals surface area contributed by atoms with Crippen LogP contribution in [-0.4, -0.2) is 22.9 Å². The maximum atomic E-state index is 12.3. The molecule has 3 aromatic rings. The van der Waals surface area contributed by atoms with E-state index < -0.39 is 0 Å². The van der Waals surface area contributed by atoms with Crippen LogP contribution in [0.15, 0.2) is 48.0 Å². The summed E-state index contributed by atoms with van der Waals surface area (Å²) in [6.45, 7) is 2.66. The SMILES string of the molecule is Cc1csc(CN(C)c2ccc(C(=O)Nc3cccc(Cl)c3)cn2)n1. The molecule has 2 heterocycles. The Kier molecular flexibility index (Phi) is 5.31. The Morgan fingerprint density at radius 3 is 2.80 bits per heavy atom. The lowest BCUT2D eigenvalue weighted by molar-refractivity contribution is 0.102. The lowest BCUT2D eigenvalue weighted by Crippen LogP contribution is -2.18. The van der Waals surface area contributed by atoms with Crippen molar-refractivity contribution in [1.29, 1.82) is 0 Å². The Hall–Kier alpha value is -2.44. The molecule has 0 saturated heterocycles. The van der Waals surface area contributed by atoms with Gasteiger partial charge in [0.2, 0.25) is 0 Å². The molecule has 1 N–H and O–H groups in total. The fourth-order valence-electron chi connectivity index (χ4n) is 2.27. The molecule has 0 radical (unpaired) electrons. The van der Waals surface area contributed by atoms with E-state index in [0.717, 1.165) is 16.5 Å². The molecule has 0 aliphatic carbocycles. The van der Waals surface area contributed by atoms with E-state index in [2.05, 4.69) is 15.3 Å². The van der Waals surface area contributed by atoms with E-state index in [1.807, 2.05) is 30.3 Å². The zero-order valence-corrected chi connectivity index (χ0v) is 15.4. The van der Waals surface area contributed by atoms with Crippen molar-refractivity contribution in [2.24, 2.45) is 0 Å². The van der Waals surface area contributed by atoms with Crippen molar-refractivity contribution in [2.75, 3.05) is 17.3 Å². The highest BCUT2D eigenvalue weighted by Gasteiger charge is 2.10. The first kappa shape index (κ1) is 17.4. The molecule has 0 bridgehead atoms. The second-order valence-electron chi connectivity index (χ2n) is 5.61. The third-order valence-corrected chi connectivity index (χ3v) is 4.71. The average molecular weight is 373 g/mol. The molecule has 128 valence electrons. The first-order valence-corrected chi connectivity index (χ1v) is 8.92. The largest absolute Gasteiger partial charge is 0.353 e. The number of rotatable bonds is 5. The van der Waals surface area contributed by atoms with Crippen molar-refractivity contribution in [3.63, 3.8) is 0 Å². The maximum Gasteiger partial charge on any atom is 0.257 e.